The van der Waals surface area contributed by atoms with Crippen LogP contribution in [-0.4, -0.2) is 41.9 Å². The summed E-state index contributed by atoms with van der Waals surface area (Å²) in [5, 5.41) is 3.66. The minimum Gasteiger partial charge on any atom is -0.359 e. The maximum atomic E-state index is 6.02. The summed E-state index contributed by atoms with van der Waals surface area (Å²) in [7, 11) is 0. The Hall–Kier alpha value is -0.120. The molecule has 0 bridgehead atoms. The van der Waals surface area contributed by atoms with E-state index in [0.29, 0.717) is 6.04 Å². The molecule has 2 aliphatic rings. The molecule has 0 aliphatic carbocycles. The van der Waals surface area contributed by atoms with Crippen molar-refractivity contribution in [3.8, 4) is 0 Å². The Kier molecular flexibility index (Phi) is 4.05. The third-order valence-electron chi connectivity index (χ3n) is 4.31. The van der Waals surface area contributed by atoms with Crippen LogP contribution in [0, 0.1) is 5.92 Å². The first-order valence-corrected chi connectivity index (χ1v) is 7.47. The van der Waals surface area contributed by atoms with Crippen LogP contribution in [0.25, 0.3) is 0 Å². The van der Waals surface area contributed by atoms with E-state index >= 15 is 0 Å². The fourth-order valence-corrected chi connectivity index (χ4v) is 3.52. The molecule has 0 amide bonds. The lowest BCUT2D eigenvalue weighted by Gasteiger charge is -2.38. The van der Waals surface area contributed by atoms with Crippen LogP contribution in [0.4, 0.5) is 0 Å². The minimum atomic E-state index is -0.117. The number of likely N-dealkylation sites (tertiary alicyclic amines) is 1. The second kappa shape index (κ2) is 5.10. The molecule has 0 aromatic rings. The summed E-state index contributed by atoms with van der Waals surface area (Å²) in [6.07, 6.45) is 3.83. The summed E-state index contributed by atoms with van der Waals surface area (Å²) >= 11 is 0. The van der Waals surface area contributed by atoms with E-state index < -0.39 is 0 Å². The van der Waals surface area contributed by atoms with Gasteiger partial charge in [-0.1, -0.05) is 0 Å². The lowest BCUT2D eigenvalue weighted by atomic mass is 9.89. The molecule has 0 saturated carbocycles. The van der Waals surface area contributed by atoms with Gasteiger partial charge in [0.1, 0.15) is 5.72 Å². The number of nitrogens with one attached hydrogen (secondary N) is 1. The van der Waals surface area contributed by atoms with Crippen LogP contribution in [0.5, 0.6) is 0 Å². The Morgan fingerprint density at radius 3 is 2.61 bits per heavy atom. The molecule has 18 heavy (non-hydrogen) atoms. The van der Waals surface area contributed by atoms with Gasteiger partial charge in [0, 0.05) is 18.1 Å². The molecule has 0 aromatic carbocycles. The smallest absolute Gasteiger partial charge is 0.117 e. The molecule has 2 aliphatic heterocycles. The van der Waals surface area contributed by atoms with Crippen LogP contribution in [0.15, 0.2) is 0 Å². The van der Waals surface area contributed by atoms with E-state index in [2.05, 4.69) is 44.8 Å². The van der Waals surface area contributed by atoms with Crippen LogP contribution in [-0.2, 0) is 4.74 Å². The molecule has 2 rings (SSSR count). The zero-order chi connectivity index (χ0) is 13.4. The van der Waals surface area contributed by atoms with Gasteiger partial charge in [0.15, 0.2) is 0 Å². The highest BCUT2D eigenvalue weighted by molar-refractivity contribution is 4.94. The highest BCUT2D eigenvalue weighted by atomic mass is 16.5. The van der Waals surface area contributed by atoms with Crippen LogP contribution in [0.2, 0.25) is 0 Å². The van der Waals surface area contributed by atoms with Crippen LogP contribution < -0.4 is 5.32 Å². The third kappa shape index (κ3) is 3.46. The SMILES string of the molecule is CC(C)N1CCCC(CC2(C)NC(C)(C)CO2)C1. The van der Waals surface area contributed by atoms with Crippen molar-refractivity contribution in [1.82, 2.24) is 10.2 Å². The van der Waals surface area contributed by atoms with E-state index in [1.807, 2.05) is 0 Å². The quantitative estimate of drug-likeness (QED) is 0.838. The molecule has 2 heterocycles. The zero-order valence-corrected chi connectivity index (χ0v) is 12.8. The van der Waals surface area contributed by atoms with Crippen molar-refractivity contribution in [3.05, 3.63) is 0 Å². The number of hydrogen-bond acceptors (Lipinski definition) is 3. The average molecular weight is 254 g/mol. The molecule has 3 heteroatoms. The fourth-order valence-electron chi connectivity index (χ4n) is 3.52. The molecule has 106 valence electrons. The molecule has 2 atom stereocenters. The van der Waals surface area contributed by atoms with Crippen molar-refractivity contribution < 1.29 is 4.74 Å². The van der Waals surface area contributed by atoms with Crippen molar-refractivity contribution >= 4 is 0 Å². The van der Waals surface area contributed by atoms with E-state index in [1.54, 1.807) is 0 Å². The molecule has 2 fully saturated rings. The first-order chi connectivity index (χ1) is 8.30. The summed E-state index contributed by atoms with van der Waals surface area (Å²) in [6.45, 7) is 14.6. The topological polar surface area (TPSA) is 24.5 Å². The van der Waals surface area contributed by atoms with Crippen molar-refractivity contribution in [2.24, 2.45) is 5.92 Å². The highest BCUT2D eigenvalue weighted by Crippen LogP contribution is 2.32. The van der Waals surface area contributed by atoms with E-state index in [0.717, 1.165) is 18.9 Å². The predicted molar refractivity (Wildman–Crippen MR) is 75.6 cm³/mol. The Balaban J connectivity index is 1.89. The van der Waals surface area contributed by atoms with Crippen LogP contribution >= 0.6 is 0 Å². The predicted octanol–water partition coefficient (Wildman–Crippen LogP) is 2.61. The first kappa shape index (κ1) is 14.3. The van der Waals surface area contributed by atoms with Gasteiger partial charge in [0.25, 0.3) is 0 Å². The van der Waals surface area contributed by atoms with Gasteiger partial charge < -0.3 is 9.64 Å². The maximum Gasteiger partial charge on any atom is 0.117 e. The molecule has 0 aromatic heterocycles. The van der Waals surface area contributed by atoms with Crippen molar-refractivity contribution in [2.75, 3.05) is 19.7 Å². The summed E-state index contributed by atoms with van der Waals surface area (Å²) in [6, 6.07) is 0.675. The second-order valence-electron chi connectivity index (χ2n) is 7.33. The fraction of sp³-hybridized carbons (Fsp3) is 1.00. The summed E-state index contributed by atoms with van der Waals surface area (Å²) in [5.41, 5.74) is 0.00923. The van der Waals surface area contributed by atoms with Gasteiger partial charge in [0.2, 0.25) is 0 Å². The molecule has 2 saturated heterocycles. The zero-order valence-electron chi connectivity index (χ0n) is 12.8. The van der Waals surface area contributed by atoms with Gasteiger partial charge in [-0.3, -0.25) is 5.32 Å². The summed E-state index contributed by atoms with van der Waals surface area (Å²) in [5.74, 6) is 0.771. The maximum absolute atomic E-state index is 6.02. The lowest BCUT2D eigenvalue weighted by molar-refractivity contribution is -0.0245. The van der Waals surface area contributed by atoms with Crippen LogP contribution in [0.3, 0.4) is 0 Å². The normalized spacial score (nSPS) is 37.3. The van der Waals surface area contributed by atoms with Crippen LogP contribution in [0.1, 0.15) is 53.9 Å². The summed E-state index contributed by atoms with van der Waals surface area (Å²) < 4.78 is 6.02. The third-order valence-corrected chi connectivity index (χ3v) is 4.31. The molecular weight excluding hydrogens is 224 g/mol. The lowest BCUT2D eigenvalue weighted by Crippen LogP contribution is -2.49. The molecule has 2 unspecified atom stereocenters. The largest absolute Gasteiger partial charge is 0.359 e. The summed E-state index contributed by atoms with van der Waals surface area (Å²) in [4.78, 5) is 2.61. The van der Waals surface area contributed by atoms with Gasteiger partial charge in [-0.15, -0.1) is 0 Å². The van der Waals surface area contributed by atoms with E-state index in [4.69, 9.17) is 4.74 Å². The second-order valence-corrected chi connectivity index (χ2v) is 7.33. The number of piperidine rings is 1. The Morgan fingerprint density at radius 1 is 1.33 bits per heavy atom. The Bertz CT molecular complexity index is 290. The first-order valence-electron chi connectivity index (χ1n) is 7.47. The van der Waals surface area contributed by atoms with Gasteiger partial charge >= 0.3 is 0 Å². The number of nitrogens with zero attached hydrogens (tertiary/aromatic N) is 1. The Morgan fingerprint density at radius 2 is 2.06 bits per heavy atom. The standard InChI is InChI=1S/C15H30N2O/c1-12(2)17-8-6-7-13(10-17)9-15(5)16-14(3,4)11-18-15/h12-13,16H,6-11H2,1-5H3. The van der Waals surface area contributed by atoms with Gasteiger partial charge in [-0.2, -0.15) is 0 Å². The number of ether oxygens (including phenoxy) is 1. The molecule has 3 nitrogen and oxygen atoms in total. The monoisotopic (exact) mass is 254 g/mol. The molecule has 0 radical (unpaired) electrons. The minimum absolute atomic E-state index is 0.117. The molecular formula is C15H30N2O. The van der Waals surface area contributed by atoms with Crippen molar-refractivity contribution in [3.63, 3.8) is 0 Å². The van der Waals surface area contributed by atoms with Gasteiger partial charge in [-0.05, 0) is 66.3 Å². The molecule has 1 N–H and O–H groups in total. The van der Waals surface area contributed by atoms with E-state index in [-0.39, 0.29) is 11.3 Å². The van der Waals surface area contributed by atoms with Crippen molar-refractivity contribution in [2.45, 2.75) is 71.2 Å². The van der Waals surface area contributed by atoms with Gasteiger partial charge in [0.05, 0.1) is 6.61 Å². The highest BCUT2D eigenvalue weighted by Gasteiger charge is 2.41. The van der Waals surface area contributed by atoms with E-state index in [1.165, 1.54) is 25.9 Å². The van der Waals surface area contributed by atoms with E-state index in [9.17, 15) is 0 Å². The van der Waals surface area contributed by atoms with Crippen molar-refractivity contribution in [1.29, 1.82) is 0 Å². The molecule has 0 spiro atoms. The van der Waals surface area contributed by atoms with Gasteiger partial charge in [-0.25, -0.2) is 0 Å². The number of rotatable bonds is 3. The average Bonchev–Trinajstić information content (AvgIpc) is 2.53. The Labute approximate surface area is 112 Å². The number of hydrogen-bond donors (Lipinski definition) is 1.